The molecule has 1 saturated heterocycles. The highest BCUT2D eigenvalue weighted by Crippen LogP contribution is 2.45. The Bertz CT molecular complexity index is 328. The molecule has 2 rings (SSSR count). The Labute approximate surface area is 118 Å². The first-order valence-electron chi connectivity index (χ1n) is 7.97. The zero-order valence-corrected chi connectivity index (χ0v) is 13.2. The molecule has 2 unspecified atom stereocenters. The minimum Gasteiger partial charge on any atom is -0.325 e. The third kappa shape index (κ3) is 2.67. The van der Waals surface area contributed by atoms with Crippen molar-refractivity contribution in [2.45, 2.75) is 72.5 Å². The van der Waals surface area contributed by atoms with Crippen LogP contribution in [0.2, 0.25) is 0 Å². The largest absolute Gasteiger partial charge is 0.325 e. The molecule has 1 heterocycles. The Hall–Kier alpha value is -0.570. The van der Waals surface area contributed by atoms with E-state index in [4.69, 9.17) is 0 Å². The Morgan fingerprint density at radius 2 is 1.89 bits per heavy atom. The van der Waals surface area contributed by atoms with Crippen LogP contribution in [0.3, 0.4) is 0 Å². The maximum absolute atomic E-state index is 12.7. The molecule has 2 aliphatic rings. The van der Waals surface area contributed by atoms with Gasteiger partial charge in [0.2, 0.25) is 5.91 Å². The molecule has 0 aromatic carbocycles. The molecule has 1 amide bonds. The predicted octanol–water partition coefficient (Wildman–Crippen LogP) is 3.01. The van der Waals surface area contributed by atoms with Crippen LogP contribution in [0.5, 0.6) is 0 Å². The summed E-state index contributed by atoms with van der Waals surface area (Å²) in [6, 6.07) is 0.0152. The van der Waals surface area contributed by atoms with E-state index in [9.17, 15) is 4.79 Å². The summed E-state index contributed by atoms with van der Waals surface area (Å²) in [6.07, 6.45) is 5.36. The monoisotopic (exact) mass is 266 g/mol. The Balaban J connectivity index is 2.13. The second-order valence-electron chi connectivity index (χ2n) is 7.25. The van der Waals surface area contributed by atoms with E-state index >= 15 is 0 Å². The molecule has 0 radical (unpaired) electrons. The molecular formula is C16H30N2O. The van der Waals surface area contributed by atoms with Crippen molar-refractivity contribution in [3.05, 3.63) is 0 Å². The third-order valence-corrected chi connectivity index (χ3v) is 5.20. The van der Waals surface area contributed by atoms with E-state index in [1.807, 2.05) is 0 Å². The lowest BCUT2D eigenvalue weighted by molar-refractivity contribution is -0.134. The summed E-state index contributed by atoms with van der Waals surface area (Å²) in [7, 11) is 0. The molecule has 1 N–H and O–H groups in total. The van der Waals surface area contributed by atoms with E-state index in [-0.39, 0.29) is 12.2 Å². The van der Waals surface area contributed by atoms with Crippen LogP contribution in [0.4, 0.5) is 0 Å². The molecule has 0 spiro atoms. The molecule has 3 heteroatoms. The van der Waals surface area contributed by atoms with Crippen molar-refractivity contribution in [2.75, 3.05) is 6.54 Å². The molecular weight excluding hydrogens is 236 g/mol. The van der Waals surface area contributed by atoms with Crippen LogP contribution in [0.25, 0.3) is 0 Å². The molecule has 3 nitrogen and oxygen atoms in total. The van der Waals surface area contributed by atoms with Crippen LogP contribution in [0.1, 0.15) is 60.3 Å². The van der Waals surface area contributed by atoms with E-state index in [1.54, 1.807) is 0 Å². The van der Waals surface area contributed by atoms with E-state index in [0.29, 0.717) is 23.2 Å². The lowest BCUT2D eigenvalue weighted by Crippen LogP contribution is -2.49. The molecule has 0 aromatic rings. The average molecular weight is 266 g/mol. The van der Waals surface area contributed by atoms with Gasteiger partial charge in [-0.25, -0.2) is 0 Å². The van der Waals surface area contributed by atoms with Gasteiger partial charge in [-0.15, -0.1) is 0 Å². The molecule has 2 atom stereocenters. The van der Waals surface area contributed by atoms with Gasteiger partial charge in [-0.05, 0) is 36.5 Å². The lowest BCUT2D eigenvalue weighted by Gasteiger charge is -2.45. The van der Waals surface area contributed by atoms with E-state index in [2.05, 4.69) is 44.8 Å². The van der Waals surface area contributed by atoms with Gasteiger partial charge in [0.25, 0.3) is 0 Å². The fraction of sp³-hybridized carbons (Fsp3) is 0.938. The first kappa shape index (κ1) is 14.8. The van der Waals surface area contributed by atoms with E-state index < -0.39 is 0 Å². The fourth-order valence-electron chi connectivity index (χ4n) is 3.53. The van der Waals surface area contributed by atoms with Gasteiger partial charge < -0.3 is 4.90 Å². The maximum atomic E-state index is 12.7. The van der Waals surface area contributed by atoms with Gasteiger partial charge >= 0.3 is 0 Å². The summed E-state index contributed by atoms with van der Waals surface area (Å²) in [5.74, 6) is 1.17. The van der Waals surface area contributed by atoms with Gasteiger partial charge in [-0.1, -0.05) is 41.0 Å². The summed E-state index contributed by atoms with van der Waals surface area (Å²) < 4.78 is 0. The zero-order chi connectivity index (χ0) is 14.2. The standard InChI is InChI=1S/C16H30N2O/c1-6-16(8-7-9-16)10-18-14(12(4)5)17-13(11(2)3)15(18)19/h11-14,17H,6-10H2,1-5H3. The summed E-state index contributed by atoms with van der Waals surface area (Å²) in [6.45, 7) is 11.9. The summed E-state index contributed by atoms with van der Waals surface area (Å²) in [5, 5.41) is 3.56. The zero-order valence-electron chi connectivity index (χ0n) is 13.2. The van der Waals surface area contributed by atoms with Crippen molar-refractivity contribution >= 4 is 5.91 Å². The Morgan fingerprint density at radius 3 is 2.26 bits per heavy atom. The number of carbonyl (C=O) groups excluding carboxylic acids is 1. The van der Waals surface area contributed by atoms with Gasteiger partial charge in [-0.2, -0.15) is 0 Å². The second kappa shape index (κ2) is 5.43. The Kier molecular flexibility index (Phi) is 4.24. The van der Waals surface area contributed by atoms with Crippen LogP contribution in [0, 0.1) is 17.3 Å². The highest BCUT2D eigenvalue weighted by Gasteiger charge is 2.46. The highest BCUT2D eigenvalue weighted by molar-refractivity contribution is 5.84. The van der Waals surface area contributed by atoms with E-state index in [0.717, 1.165) is 6.54 Å². The van der Waals surface area contributed by atoms with Crippen molar-refractivity contribution in [3.63, 3.8) is 0 Å². The summed E-state index contributed by atoms with van der Waals surface area (Å²) in [5.41, 5.74) is 0.413. The minimum atomic E-state index is 0.0152. The molecule has 0 aromatic heterocycles. The normalized spacial score (nSPS) is 30.3. The number of carbonyl (C=O) groups is 1. The lowest BCUT2D eigenvalue weighted by atomic mass is 9.66. The van der Waals surface area contributed by atoms with Gasteiger partial charge in [0.1, 0.15) is 0 Å². The number of hydrogen-bond acceptors (Lipinski definition) is 2. The van der Waals surface area contributed by atoms with Crippen LogP contribution in [0.15, 0.2) is 0 Å². The first-order chi connectivity index (χ1) is 8.90. The fourth-order valence-corrected chi connectivity index (χ4v) is 3.53. The van der Waals surface area contributed by atoms with Gasteiger partial charge in [-0.3, -0.25) is 10.1 Å². The van der Waals surface area contributed by atoms with Crippen molar-refractivity contribution in [2.24, 2.45) is 17.3 Å². The van der Waals surface area contributed by atoms with Crippen LogP contribution in [-0.2, 0) is 4.79 Å². The smallest absolute Gasteiger partial charge is 0.241 e. The van der Waals surface area contributed by atoms with Crippen LogP contribution >= 0.6 is 0 Å². The van der Waals surface area contributed by atoms with Gasteiger partial charge in [0.15, 0.2) is 0 Å². The number of amides is 1. The van der Waals surface area contributed by atoms with Crippen molar-refractivity contribution in [1.82, 2.24) is 10.2 Å². The number of rotatable bonds is 5. The number of nitrogens with one attached hydrogen (secondary N) is 1. The minimum absolute atomic E-state index is 0.0152. The molecule has 19 heavy (non-hydrogen) atoms. The summed E-state index contributed by atoms with van der Waals surface area (Å²) in [4.78, 5) is 14.8. The SMILES string of the molecule is CCC1(CN2C(=O)C(C(C)C)NC2C(C)C)CCC1. The summed E-state index contributed by atoms with van der Waals surface area (Å²) >= 11 is 0. The van der Waals surface area contributed by atoms with Gasteiger partial charge in [0, 0.05) is 6.54 Å². The van der Waals surface area contributed by atoms with Crippen molar-refractivity contribution in [3.8, 4) is 0 Å². The van der Waals surface area contributed by atoms with Gasteiger partial charge in [0.05, 0.1) is 12.2 Å². The van der Waals surface area contributed by atoms with Crippen molar-refractivity contribution < 1.29 is 4.79 Å². The molecule has 0 bridgehead atoms. The third-order valence-electron chi connectivity index (χ3n) is 5.20. The highest BCUT2D eigenvalue weighted by atomic mass is 16.2. The maximum Gasteiger partial charge on any atom is 0.241 e. The quantitative estimate of drug-likeness (QED) is 0.829. The molecule has 1 aliphatic heterocycles. The average Bonchev–Trinajstić information content (AvgIpc) is 2.61. The molecule has 1 aliphatic carbocycles. The molecule has 2 fully saturated rings. The van der Waals surface area contributed by atoms with E-state index in [1.165, 1.54) is 25.7 Å². The number of nitrogens with zero attached hydrogens (tertiary/aromatic N) is 1. The first-order valence-corrected chi connectivity index (χ1v) is 7.97. The molecule has 110 valence electrons. The van der Waals surface area contributed by atoms with Crippen molar-refractivity contribution in [1.29, 1.82) is 0 Å². The Morgan fingerprint density at radius 1 is 1.26 bits per heavy atom. The predicted molar refractivity (Wildman–Crippen MR) is 78.7 cm³/mol. The molecule has 1 saturated carbocycles. The van der Waals surface area contributed by atoms with Crippen LogP contribution < -0.4 is 5.32 Å². The number of hydrogen-bond donors (Lipinski definition) is 1. The van der Waals surface area contributed by atoms with Crippen LogP contribution in [-0.4, -0.2) is 29.6 Å². The second-order valence-corrected chi connectivity index (χ2v) is 7.25. The topological polar surface area (TPSA) is 32.3 Å².